The summed E-state index contributed by atoms with van der Waals surface area (Å²) >= 11 is 11.2. The molecule has 0 saturated heterocycles. The van der Waals surface area contributed by atoms with Crippen molar-refractivity contribution in [2.45, 2.75) is 58.2 Å². The molecule has 1 aliphatic carbocycles. The Labute approximate surface area is 219 Å². The van der Waals surface area contributed by atoms with Crippen LogP contribution in [0, 0.1) is 5.92 Å². The zero-order valence-electron chi connectivity index (χ0n) is 21.2. The summed E-state index contributed by atoms with van der Waals surface area (Å²) in [6, 6.07) is 11.2. The Morgan fingerprint density at radius 1 is 1.20 bits per heavy atom. The van der Waals surface area contributed by atoms with Crippen LogP contribution in [-0.2, 0) is 21.8 Å². The van der Waals surface area contributed by atoms with Gasteiger partial charge in [0.05, 0.1) is 0 Å². The van der Waals surface area contributed by atoms with Crippen LogP contribution < -0.4 is 9.88 Å². The SMILES string of the molecule is CC(C)CCNC(=O)c1ccc[n+](COCN(C)C2(c3ccccc3Cl)CCCCC2=O)c1.CCl. The average Bonchev–Trinajstić information content (AvgIpc) is 2.86. The van der Waals surface area contributed by atoms with Crippen LogP contribution in [0.5, 0.6) is 0 Å². The predicted molar refractivity (Wildman–Crippen MR) is 141 cm³/mol. The lowest BCUT2D eigenvalue weighted by Crippen LogP contribution is -2.53. The van der Waals surface area contributed by atoms with Gasteiger partial charge in [0.2, 0.25) is 0 Å². The molecule has 1 saturated carbocycles. The number of carbonyl (C=O) groups is 2. The number of hydrogen-bond donors (Lipinski definition) is 1. The van der Waals surface area contributed by atoms with Gasteiger partial charge in [-0.05, 0) is 49.9 Å². The van der Waals surface area contributed by atoms with Crippen molar-refractivity contribution >= 4 is 34.9 Å². The molecule has 6 nitrogen and oxygen atoms in total. The third kappa shape index (κ3) is 7.74. The van der Waals surface area contributed by atoms with E-state index in [0.29, 0.717) is 35.9 Å². The predicted octanol–water partition coefficient (Wildman–Crippen LogP) is 5.16. The van der Waals surface area contributed by atoms with Crippen LogP contribution in [0.1, 0.15) is 61.9 Å². The van der Waals surface area contributed by atoms with E-state index in [1.54, 1.807) is 12.3 Å². The highest BCUT2D eigenvalue weighted by Crippen LogP contribution is 2.42. The van der Waals surface area contributed by atoms with Crippen molar-refractivity contribution in [3.63, 3.8) is 0 Å². The molecular weight excluding hydrogens is 485 g/mol. The van der Waals surface area contributed by atoms with Crippen LogP contribution in [0.2, 0.25) is 5.02 Å². The van der Waals surface area contributed by atoms with Crippen LogP contribution in [0.3, 0.4) is 0 Å². The third-order valence-electron chi connectivity index (χ3n) is 6.28. The summed E-state index contributed by atoms with van der Waals surface area (Å²) in [6.45, 7) is 5.45. The first-order valence-electron chi connectivity index (χ1n) is 12.1. The van der Waals surface area contributed by atoms with E-state index < -0.39 is 5.54 Å². The maximum absolute atomic E-state index is 13.2. The molecule has 0 aliphatic heterocycles. The number of Topliss-reactive ketones (excluding diaryl/α,β-unsaturated/α-hetero) is 1. The van der Waals surface area contributed by atoms with E-state index >= 15 is 0 Å². The van der Waals surface area contributed by atoms with Crippen molar-refractivity contribution in [3.8, 4) is 0 Å². The van der Waals surface area contributed by atoms with Gasteiger partial charge in [0.1, 0.15) is 17.8 Å². The quantitative estimate of drug-likeness (QED) is 0.266. The minimum Gasteiger partial charge on any atom is -0.352 e. The largest absolute Gasteiger partial charge is 0.352 e. The molecule has 35 heavy (non-hydrogen) atoms. The summed E-state index contributed by atoms with van der Waals surface area (Å²) in [5.74, 6) is 0.634. The molecule has 1 aliphatic rings. The van der Waals surface area contributed by atoms with Crippen molar-refractivity contribution in [3.05, 3.63) is 64.9 Å². The molecule has 1 aromatic carbocycles. The number of hydrogen-bond acceptors (Lipinski definition) is 4. The smallest absolute Gasteiger partial charge is 0.257 e. The molecule has 0 bridgehead atoms. The number of pyridine rings is 1. The van der Waals surface area contributed by atoms with Gasteiger partial charge in [0, 0.05) is 30.4 Å². The molecule has 1 atom stereocenters. The summed E-state index contributed by atoms with van der Waals surface area (Å²) < 4.78 is 7.81. The van der Waals surface area contributed by atoms with E-state index in [1.807, 2.05) is 53.0 Å². The Balaban J connectivity index is 0.00000210. The second-order valence-corrected chi connectivity index (χ2v) is 9.58. The average molecular weight is 524 g/mol. The fourth-order valence-corrected chi connectivity index (χ4v) is 4.70. The molecule has 8 heteroatoms. The number of nitrogens with one attached hydrogen (secondary N) is 1. The maximum atomic E-state index is 13.2. The van der Waals surface area contributed by atoms with Crippen LogP contribution in [0.25, 0.3) is 0 Å². The highest BCUT2D eigenvalue weighted by atomic mass is 35.5. The lowest BCUT2D eigenvalue weighted by molar-refractivity contribution is -0.733. The van der Waals surface area contributed by atoms with Gasteiger partial charge in [-0.1, -0.05) is 50.1 Å². The van der Waals surface area contributed by atoms with Gasteiger partial charge >= 0.3 is 0 Å². The summed E-state index contributed by atoms with van der Waals surface area (Å²) in [6.07, 6.45) is 9.18. The van der Waals surface area contributed by atoms with E-state index in [1.165, 1.54) is 6.38 Å². The number of aromatic nitrogens is 1. The topological polar surface area (TPSA) is 62.5 Å². The van der Waals surface area contributed by atoms with Gasteiger partial charge in [0.15, 0.2) is 18.2 Å². The monoisotopic (exact) mass is 522 g/mol. The Morgan fingerprint density at radius 2 is 1.94 bits per heavy atom. The fraction of sp³-hybridized carbons (Fsp3) is 0.519. The summed E-state index contributed by atoms with van der Waals surface area (Å²) in [5, 5.41) is 3.56. The number of ether oxygens (including phenoxy) is 1. The lowest BCUT2D eigenvalue weighted by atomic mass is 9.74. The molecule has 1 unspecified atom stereocenters. The summed E-state index contributed by atoms with van der Waals surface area (Å²) in [4.78, 5) is 27.6. The van der Waals surface area contributed by atoms with Crippen LogP contribution >= 0.6 is 23.2 Å². The van der Waals surface area contributed by atoms with E-state index in [-0.39, 0.29) is 25.2 Å². The standard InChI is InChI=1S/C26H34ClN3O3.CH3Cl/c1-20(2)13-15-28-25(32)21-9-8-16-30(17-21)19-33-18-29(3)26(14-7-6-12-24(26)31)22-10-4-5-11-23(22)27;1-2/h4-5,8-11,16-17,20H,6-7,12-15,18-19H2,1-3H3;1H3/p+1. The van der Waals surface area contributed by atoms with E-state index in [2.05, 4.69) is 30.8 Å². The number of alkyl halides is 1. The Kier molecular flexibility index (Phi) is 12.1. The molecule has 2 aromatic rings. The number of amides is 1. The first-order valence-corrected chi connectivity index (χ1v) is 13.2. The van der Waals surface area contributed by atoms with Crippen LogP contribution in [0.15, 0.2) is 48.8 Å². The minimum absolute atomic E-state index is 0.0902. The molecule has 1 N–H and O–H groups in total. The number of nitrogens with zero attached hydrogens (tertiary/aromatic N) is 2. The second kappa shape index (κ2) is 14.5. The Bertz CT molecular complexity index is 970. The second-order valence-electron chi connectivity index (χ2n) is 9.18. The van der Waals surface area contributed by atoms with Crippen molar-refractivity contribution in [2.75, 3.05) is 26.7 Å². The molecule has 1 aromatic heterocycles. The highest BCUT2D eigenvalue weighted by molar-refractivity contribution is 6.31. The van der Waals surface area contributed by atoms with Crippen molar-refractivity contribution in [2.24, 2.45) is 5.92 Å². The first-order chi connectivity index (χ1) is 16.8. The van der Waals surface area contributed by atoms with Crippen molar-refractivity contribution in [1.29, 1.82) is 0 Å². The third-order valence-corrected chi connectivity index (χ3v) is 6.61. The van der Waals surface area contributed by atoms with E-state index in [9.17, 15) is 9.59 Å². The van der Waals surface area contributed by atoms with E-state index in [0.717, 1.165) is 24.8 Å². The number of benzene rings is 1. The van der Waals surface area contributed by atoms with Gasteiger partial charge in [-0.3, -0.25) is 14.5 Å². The molecule has 1 amide bonds. The molecule has 192 valence electrons. The minimum atomic E-state index is -0.778. The molecule has 1 fully saturated rings. The molecule has 3 rings (SSSR count). The summed E-state index contributed by atoms with van der Waals surface area (Å²) in [5.41, 5.74) is 0.655. The molecule has 0 spiro atoms. The number of carbonyl (C=O) groups excluding carboxylic acids is 2. The van der Waals surface area contributed by atoms with Gasteiger partial charge in [-0.2, -0.15) is 4.57 Å². The van der Waals surface area contributed by atoms with Crippen molar-refractivity contribution < 1.29 is 18.9 Å². The van der Waals surface area contributed by atoms with Crippen LogP contribution in [0.4, 0.5) is 0 Å². The number of likely N-dealkylation sites (N-methyl/N-ethyl adjacent to an activating group) is 1. The Hall–Kier alpha value is -1.99. The van der Waals surface area contributed by atoms with Gasteiger partial charge < -0.3 is 10.1 Å². The van der Waals surface area contributed by atoms with E-state index in [4.69, 9.17) is 16.3 Å². The van der Waals surface area contributed by atoms with Gasteiger partial charge in [0.25, 0.3) is 12.6 Å². The number of rotatable bonds is 10. The number of ketones is 1. The number of halogens is 2. The van der Waals surface area contributed by atoms with Crippen LogP contribution in [-0.4, -0.2) is 43.3 Å². The lowest BCUT2D eigenvalue weighted by Gasteiger charge is -2.43. The normalized spacial score (nSPS) is 17.8. The van der Waals surface area contributed by atoms with Crippen molar-refractivity contribution in [1.82, 2.24) is 10.2 Å². The maximum Gasteiger partial charge on any atom is 0.257 e. The molecule has 0 radical (unpaired) electrons. The summed E-state index contributed by atoms with van der Waals surface area (Å²) in [7, 11) is 1.91. The zero-order chi connectivity index (χ0) is 25.8. The van der Waals surface area contributed by atoms with Gasteiger partial charge in [-0.25, -0.2) is 0 Å². The Morgan fingerprint density at radius 3 is 2.63 bits per heavy atom. The highest BCUT2D eigenvalue weighted by Gasteiger charge is 2.46. The zero-order valence-corrected chi connectivity index (χ0v) is 22.7. The van der Waals surface area contributed by atoms with Gasteiger partial charge in [-0.15, -0.1) is 11.6 Å². The molecule has 1 heterocycles. The first kappa shape index (κ1) is 29.2. The fourth-order valence-electron chi connectivity index (χ4n) is 4.41. The molecular formula is C27H38Cl2N3O3+.